The Morgan fingerprint density at radius 2 is 1.71 bits per heavy atom. The van der Waals surface area contributed by atoms with Crippen LogP contribution in [0, 0.1) is 5.95 Å². The Bertz CT molecular complexity index is 495. The maximum atomic E-state index is 12.7. The Morgan fingerprint density at radius 3 is 2.18 bits per heavy atom. The first kappa shape index (κ1) is 11.7. The number of hydrogen-bond donors (Lipinski definition) is 0. The lowest BCUT2D eigenvalue weighted by Crippen LogP contribution is -2.11. The van der Waals surface area contributed by atoms with E-state index in [1.807, 2.05) is 18.3 Å². The zero-order valence-corrected chi connectivity index (χ0v) is 10.2. The summed E-state index contributed by atoms with van der Waals surface area (Å²) in [5.41, 5.74) is 2.90. The Balaban J connectivity index is 2.33. The van der Waals surface area contributed by atoms with E-state index in [-0.39, 0.29) is 5.41 Å². The van der Waals surface area contributed by atoms with Crippen molar-refractivity contribution in [2.75, 3.05) is 0 Å². The maximum absolute atomic E-state index is 12.7. The third-order valence-corrected chi connectivity index (χ3v) is 2.65. The number of pyridine rings is 2. The van der Waals surface area contributed by atoms with Crippen molar-refractivity contribution in [1.29, 1.82) is 0 Å². The maximum Gasteiger partial charge on any atom is 0.212 e. The highest BCUT2D eigenvalue weighted by molar-refractivity contribution is 5.57. The van der Waals surface area contributed by atoms with Crippen molar-refractivity contribution in [1.82, 2.24) is 9.97 Å². The van der Waals surface area contributed by atoms with Crippen molar-refractivity contribution in [3.05, 3.63) is 48.2 Å². The molecule has 2 aromatic heterocycles. The molecule has 0 aliphatic carbocycles. The average Bonchev–Trinajstić information content (AvgIpc) is 2.29. The molecule has 0 spiro atoms. The molecule has 2 aromatic rings. The van der Waals surface area contributed by atoms with Gasteiger partial charge in [0.2, 0.25) is 5.95 Å². The summed E-state index contributed by atoms with van der Waals surface area (Å²) in [4.78, 5) is 8.00. The van der Waals surface area contributed by atoms with Gasteiger partial charge in [0.25, 0.3) is 0 Å². The highest BCUT2D eigenvalue weighted by atomic mass is 19.1. The van der Waals surface area contributed by atoms with E-state index < -0.39 is 5.95 Å². The molecule has 0 bridgehead atoms. The lowest BCUT2D eigenvalue weighted by molar-refractivity contribution is 0.584. The van der Waals surface area contributed by atoms with Crippen LogP contribution in [0.15, 0.2) is 36.7 Å². The second-order valence-corrected chi connectivity index (χ2v) is 5.05. The number of nitrogens with zero attached hydrogens (tertiary/aromatic N) is 2. The van der Waals surface area contributed by atoms with Crippen LogP contribution in [-0.2, 0) is 5.41 Å². The summed E-state index contributed by atoms with van der Waals surface area (Å²) in [5, 5.41) is 0. The largest absolute Gasteiger partial charge is 0.256 e. The molecule has 0 aromatic carbocycles. The van der Waals surface area contributed by atoms with E-state index in [0.29, 0.717) is 0 Å². The second-order valence-electron chi connectivity index (χ2n) is 5.05. The number of halogens is 1. The molecule has 0 atom stereocenters. The Hall–Kier alpha value is -1.77. The smallest absolute Gasteiger partial charge is 0.212 e. The van der Waals surface area contributed by atoms with Crippen molar-refractivity contribution < 1.29 is 4.39 Å². The molecule has 0 amide bonds. The molecule has 0 radical (unpaired) electrons. The molecule has 2 heterocycles. The van der Waals surface area contributed by atoms with Crippen LogP contribution in [0.2, 0.25) is 0 Å². The number of rotatable bonds is 1. The van der Waals surface area contributed by atoms with E-state index in [1.54, 1.807) is 6.07 Å². The van der Waals surface area contributed by atoms with Crippen molar-refractivity contribution in [2.45, 2.75) is 26.2 Å². The van der Waals surface area contributed by atoms with Gasteiger partial charge in [-0.1, -0.05) is 26.8 Å². The van der Waals surface area contributed by atoms with Crippen molar-refractivity contribution in [2.24, 2.45) is 0 Å². The predicted molar refractivity (Wildman–Crippen MR) is 66.1 cm³/mol. The lowest BCUT2D eigenvalue weighted by Gasteiger charge is -2.18. The molecule has 17 heavy (non-hydrogen) atoms. The molecule has 0 saturated heterocycles. The fraction of sp³-hybridized carbons (Fsp3) is 0.286. The summed E-state index contributed by atoms with van der Waals surface area (Å²) in [6.07, 6.45) is 3.35. The van der Waals surface area contributed by atoms with Crippen LogP contribution in [0.3, 0.4) is 0 Å². The fourth-order valence-corrected chi connectivity index (χ4v) is 1.54. The van der Waals surface area contributed by atoms with Gasteiger partial charge in [-0.25, -0.2) is 4.98 Å². The summed E-state index contributed by atoms with van der Waals surface area (Å²) in [6.45, 7) is 6.43. The molecule has 2 nitrogen and oxygen atoms in total. The molecule has 0 aliphatic heterocycles. The first-order chi connectivity index (χ1) is 7.97. The number of hydrogen-bond acceptors (Lipinski definition) is 2. The highest BCUT2D eigenvalue weighted by Crippen LogP contribution is 2.23. The molecule has 2 rings (SSSR count). The van der Waals surface area contributed by atoms with Gasteiger partial charge in [-0.2, -0.15) is 4.39 Å². The van der Waals surface area contributed by atoms with Gasteiger partial charge in [-0.3, -0.25) is 4.98 Å². The standard InChI is InChI=1S/C14H15FN2/c1-14(2,3)11-5-6-12(16-9-11)10-4-7-13(15)17-8-10/h4-9H,1-3H3. The summed E-state index contributed by atoms with van der Waals surface area (Å²) >= 11 is 0. The Kier molecular flexibility index (Phi) is 2.92. The zero-order chi connectivity index (χ0) is 12.5. The summed E-state index contributed by atoms with van der Waals surface area (Å²) in [6, 6.07) is 7.01. The minimum atomic E-state index is -0.472. The molecular formula is C14H15FN2. The molecule has 0 saturated carbocycles. The van der Waals surface area contributed by atoms with E-state index in [9.17, 15) is 4.39 Å². The second kappa shape index (κ2) is 4.24. The van der Waals surface area contributed by atoms with Crippen LogP contribution in [0.25, 0.3) is 11.3 Å². The lowest BCUT2D eigenvalue weighted by atomic mass is 9.88. The molecule has 0 N–H and O–H groups in total. The van der Waals surface area contributed by atoms with Gasteiger partial charge in [0.05, 0.1) is 5.69 Å². The van der Waals surface area contributed by atoms with Gasteiger partial charge in [-0.15, -0.1) is 0 Å². The molecule has 88 valence electrons. The van der Waals surface area contributed by atoms with E-state index in [4.69, 9.17) is 0 Å². The van der Waals surface area contributed by atoms with Crippen LogP contribution < -0.4 is 0 Å². The van der Waals surface area contributed by atoms with Crippen molar-refractivity contribution >= 4 is 0 Å². The first-order valence-corrected chi connectivity index (χ1v) is 5.55. The Labute approximate surface area is 101 Å². The topological polar surface area (TPSA) is 25.8 Å². The van der Waals surface area contributed by atoms with Crippen LogP contribution >= 0.6 is 0 Å². The third kappa shape index (κ3) is 2.67. The minimum absolute atomic E-state index is 0.0899. The van der Waals surface area contributed by atoms with E-state index in [1.165, 1.54) is 17.8 Å². The van der Waals surface area contributed by atoms with Gasteiger partial charge >= 0.3 is 0 Å². The normalized spacial score (nSPS) is 11.5. The quantitative estimate of drug-likeness (QED) is 0.700. The van der Waals surface area contributed by atoms with Crippen LogP contribution in [0.4, 0.5) is 4.39 Å². The predicted octanol–water partition coefficient (Wildman–Crippen LogP) is 3.58. The van der Waals surface area contributed by atoms with Gasteiger partial charge < -0.3 is 0 Å². The average molecular weight is 230 g/mol. The fourth-order valence-electron chi connectivity index (χ4n) is 1.54. The van der Waals surface area contributed by atoms with Gasteiger partial charge in [0, 0.05) is 18.0 Å². The first-order valence-electron chi connectivity index (χ1n) is 5.55. The number of aromatic nitrogens is 2. The molecule has 0 unspecified atom stereocenters. The van der Waals surface area contributed by atoms with Crippen molar-refractivity contribution in [3.63, 3.8) is 0 Å². The van der Waals surface area contributed by atoms with Gasteiger partial charge in [0.1, 0.15) is 0 Å². The van der Waals surface area contributed by atoms with Crippen molar-refractivity contribution in [3.8, 4) is 11.3 Å². The molecule has 0 aliphatic rings. The molecule has 3 heteroatoms. The summed E-state index contributed by atoms with van der Waals surface area (Å²) < 4.78 is 12.7. The molecular weight excluding hydrogens is 215 g/mol. The van der Waals surface area contributed by atoms with E-state index in [2.05, 4.69) is 30.7 Å². The zero-order valence-electron chi connectivity index (χ0n) is 10.2. The molecule has 0 fully saturated rings. The van der Waals surface area contributed by atoms with E-state index in [0.717, 1.165) is 11.3 Å². The van der Waals surface area contributed by atoms with Gasteiger partial charge in [0.15, 0.2) is 0 Å². The van der Waals surface area contributed by atoms with Crippen LogP contribution in [0.5, 0.6) is 0 Å². The Morgan fingerprint density at radius 1 is 0.941 bits per heavy atom. The third-order valence-electron chi connectivity index (χ3n) is 2.65. The summed E-state index contributed by atoms with van der Waals surface area (Å²) in [7, 11) is 0. The van der Waals surface area contributed by atoms with Crippen LogP contribution in [-0.4, -0.2) is 9.97 Å². The van der Waals surface area contributed by atoms with E-state index >= 15 is 0 Å². The van der Waals surface area contributed by atoms with Crippen LogP contribution in [0.1, 0.15) is 26.3 Å². The summed E-state index contributed by atoms with van der Waals surface area (Å²) in [5.74, 6) is -0.472. The monoisotopic (exact) mass is 230 g/mol. The van der Waals surface area contributed by atoms with Gasteiger partial charge in [-0.05, 0) is 29.2 Å². The minimum Gasteiger partial charge on any atom is -0.256 e. The highest BCUT2D eigenvalue weighted by Gasteiger charge is 2.13. The SMILES string of the molecule is CC(C)(C)c1ccc(-c2ccc(F)nc2)nc1.